The number of hydrogen-bond acceptors (Lipinski definition) is 2. The molecular weight excluding hydrogens is 266 g/mol. The Labute approximate surface area is 106 Å². The van der Waals surface area contributed by atoms with Crippen LogP contribution in [0.3, 0.4) is 0 Å². The molecule has 2 nitrogen and oxygen atoms in total. The Hall–Kier alpha value is -0.830. The van der Waals surface area contributed by atoms with Crippen molar-refractivity contribution in [2.75, 3.05) is 11.9 Å². The highest BCUT2D eigenvalue weighted by Gasteiger charge is 1.99. The van der Waals surface area contributed by atoms with E-state index < -0.39 is 0 Å². The predicted molar refractivity (Wildman–Crippen MR) is 72.1 cm³/mol. The highest BCUT2D eigenvalue weighted by Crippen LogP contribution is 2.19. The van der Waals surface area contributed by atoms with Gasteiger partial charge in [0, 0.05) is 11.5 Å². The summed E-state index contributed by atoms with van der Waals surface area (Å²) in [5.41, 5.74) is 2.38. The van der Waals surface area contributed by atoms with Gasteiger partial charge in [0.2, 0.25) is 0 Å². The summed E-state index contributed by atoms with van der Waals surface area (Å²) < 4.78 is 5.55. The van der Waals surface area contributed by atoms with Crippen molar-refractivity contribution < 1.29 is 4.74 Å². The molecule has 0 aliphatic heterocycles. The molecule has 0 atom stereocenters. The number of aromatic nitrogens is 1. The van der Waals surface area contributed by atoms with Crippen molar-refractivity contribution in [1.29, 1.82) is 0 Å². The van der Waals surface area contributed by atoms with E-state index in [2.05, 4.69) is 40.8 Å². The summed E-state index contributed by atoms with van der Waals surface area (Å²) in [6, 6.07) is 2.04. The molecule has 16 heavy (non-hydrogen) atoms. The summed E-state index contributed by atoms with van der Waals surface area (Å²) in [4.78, 5) is 4.19. The Morgan fingerprint density at radius 1 is 1.50 bits per heavy atom. The first kappa shape index (κ1) is 13.2. The summed E-state index contributed by atoms with van der Waals surface area (Å²) in [5.74, 6) is 0.853. The molecule has 1 heterocycles. The van der Waals surface area contributed by atoms with Gasteiger partial charge in [-0.05, 0) is 37.0 Å². The maximum absolute atomic E-state index is 5.55. The zero-order valence-corrected chi connectivity index (χ0v) is 11.5. The maximum Gasteiger partial charge on any atom is 0.138 e. The first-order valence-electron chi connectivity index (χ1n) is 5.59. The predicted octanol–water partition coefficient (Wildman–Crippen LogP) is 4.06. The molecule has 0 unspecified atom stereocenters. The van der Waals surface area contributed by atoms with Crippen LogP contribution in [0.5, 0.6) is 5.75 Å². The highest BCUT2D eigenvalue weighted by atomic mass is 79.9. The van der Waals surface area contributed by atoms with Crippen LogP contribution in [-0.4, -0.2) is 16.9 Å². The molecule has 88 valence electrons. The molecule has 1 aromatic heterocycles. The number of pyridine rings is 1. The van der Waals surface area contributed by atoms with Crippen LogP contribution < -0.4 is 4.74 Å². The number of halogens is 1. The summed E-state index contributed by atoms with van der Waals surface area (Å²) in [7, 11) is 0. The fraction of sp³-hybridized carbons (Fsp3) is 0.462. The quantitative estimate of drug-likeness (QED) is 0.735. The second kappa shape index (κ2) is 7.44. The van der Waals surface area contributed by atoms with Crippen molar-refractivity contribution in [3.63, 3.8) is 0 Å². The first-order valence-corrected chi connectivity index (χ1v) is 6.71. The van der Waals surface area contributed by atoms with Crippen LogP contribution in [0.25, 0.3) is 5.57 Å². The second-order valence-corrected chi connectivity index (χ2v) is 4.42. The van der Waals surface area contributed by atoms with Crippen molar-refractivity contribution >= 4 is 21.5 Å². The molecule has 0 saturated carbocycles. The van der Waals surface area contributed by atoms with E-state index in [4.69, 9.17) is 4.74 Å². The lowest BCUT2D eigenvalue weighted by molar-refractivity contribution is 0.316. The van der Waals surface area contributed by atoms with Crippen LogP contribution >= 0.6 is 15.9 Å². The maximum atomic E-state index is 5.55. The Bertz CT molecular complexity index is 350. The van der Waals surface area contributed by atoms with Gasteiger partial charge in [-0.3, -0.25) is 4.98 Å². The average molecular weight is 284 g/mol. The fourth-order valence-electron chi connectivity index (χ4n) is 1.32. The third kappa shape index (κ3) is 4.35. The Balaban J connectivity index is 2.73. The van der Waals surface area contributed by atoms with Gasteiger partial charge in [-0.2, -0.15) is 0 Å². The van der Waals surface area contributed by atoms with Crippen LogP contribution in [0.4, 0.5) is 0 Å². The van der Waals surface area contributed by atoms with Gasteiger partial charge in [0.15, 0.2) is 0 Å². The van der Waals surface area contributed by atoms with E-state index in [-0.39, 0.29) is 0 Å². The van der Waals surface area contributed by atoms with E-state index in [0.29, 0.717) is 0 Å². The Morgan fingerprint density at radius 3 is 3.00 bits per heavy atom. The van der Waals surface area contributed by atoms with E-state index in [9.17, 15) is 0 Å². The average Bonchev–Trinajstić information content (AvgIpc) is 2.33. The first-order chi connectivity index (χ1) is 7.77. The minimum Gasteiger partial charge on any atom is -0.492 e. The molecule has 3 heteroatoms. The lowest BCUT2D eigenvalue weighted by atomic mass is 10.1. The molecule has 0 bridgehead atoms. The monoisotopic (exact) mass is 283 g/mol. The number of ether oxygens (including phenoxy) is 1. The summed E-state index contributed by atoms with van der Waals surface area (Å²) in [6.07, 6.45) is 7.89. The summed E-state index contributed by atoms with van der Waals surface area (Å²) >= 11 is 3.41. The van der Waals surface area contributed by atoms with E-state index in [1.807, 2.05) is 12.3 Å². The molecule has 0 radical (unpaired) electrons. The molecule has 0 N–H and O–H groups in total. The van der Waals surface area contributed by atoms with Gasteiger partial charge in [0.05, 0.1) is 12.8 Å². The zero-order valence-electron chi connectivity index (χ0n) is 9.87. The number of hydrogen-bond donors (Lipinski definition) is 0. The third-order valence-corrected chi connectivity index (χ3v) is 2.66. The van der Waals surface area contributed by atoms with Gasteiger partial charge in [-0.25, -0.2) is 0 Å². The molecule has 0 aliphatic carbocycles. The van der Waals surface area contributed by atoms with Crippen LogP contribution in [0, 0.1) is 0 Å². The molecule has 1 rings (SSSR count). The minimum absolute atomic E-state index is 0.745. The second-order valence-electron chi connectivity index (χ2n) is 3.62. The number of nitrogens with zero attached hydrogens (tertiary/aromatic N) is 1. The van der Waals surface area contributed by atoms with Gasteiger partial charge in [0.1, 0.15) is 5.75 Å². The Kier molecular flexibility index (Phi) is 6.16. The molecule has 0 spiro atoms. The summed E-state index contributed by atoms with van der Waals surface area (Å²) in [6.45, 7) is 4.94. The van der Waals surface area contributed by atoms with Crippen molar-refractivity contribution in [2.45, 2.75) is 26.7 Å². The van der Waals surface area contributed by atoms with Crippen LogP contribution in [-0.2, 0) is 0 Å². The molecule has 0 fully saturated rings. The SMILES string of the molecule is CCCOc1cncc(/C(C)=C/CCBr)c1. The van der Waals surface area contributed by atoms with E-state index >= 15 is 0 Å². The van der Waals surface area contributed by atoms with E-state index in [0.717, 1.165) is 36.1 Å². The summed E-state index contributed by atoms with van der Waals surface area (Å²) in [5, 5.41) is 0.990. The van der Waals surface area contributed by atoms with Gasteiger partial charge >= 0.3 is 0 Å². The third-order valence-electron chi connectivity index (χ3n) is 2.20. The van der Waals surface area contributed by atoms with E-state index in [1.165, 1.54) is 5.57 Å². The minimum atomic E-state index is 0.745. The van der Waals surface area contributed by atoms with Crippen LogP contribution in [0.1, 0.15) is 32.3 Å². The molecule has 0 amide bonds. The van der Waals surface area contributed by atoms with Crippen molar-refractivity contribution in [1.82, 2.24) is 4.98 Å². The normalized spacial score (nSPS) is 11.6. The fourth-order valence-corrected chi connectivity index (χ4v) is 1.55. The van der Waals surface area contributed by atoms with Crippen LogP contribution in [0.2, 0.25) is 0 Å². The van der Waals surface area contributed by atoms with Gasteiger partial charge in [-0.15, -0.1) is 0 Å². The molecule has 1 aromatic rings. The number of alkyl halides is 1. The number of rotatable bonds is 6. The van der Waals surface area contributed by atoms with Gasteiger partial charge in [0.25, 0.3) is 0 Å². The largest absolute Gasteiger partial charge is 0.492 e. The lowest BCUT2D eigenvalue weighted by Crippen LogP contribution is -1.96. The smallest absolute Gasteiger partial charge is 0.138 e. The Morgan fingerprint density at radius 2 is 2.31 bits per heavy atom. The van der Waals surface area contributed by atoms with Crippen LogP contribution in [0.15, 0.2) is 24.5 Å². The molecule has 0 saturated heterocycles. The standard InChI is InChI=1S/C13H18BrNO/c1-3-7-16-13-8-12(9-15-10-13)11(2)5-4-6-14/h5,8-10H,3-4,6-7H2,1-2H3/b11-5+. The zero-order chi connectivity index (χ0) is 11.8. The highest BCUT2D eigenvalue weighted by molar-refractivity contribution is 9.09. The topological polar surface area (TPSA) is 22.1 Å². The van der Waals surface area contributed by atoms with Crippen molar-refractivity contribution in [2.24, 2.45) is 0 Å². The van der Waals surface area contributed by atoms with Gasteiger partial charge in [-0.1, -0.05) is 28.9 Å². The van der Waals surface area contributed by atoms with Crippen molar-refractivity contribution in [3.05, 3.63) is 30.1 Å². The van der Waals surface area contributed by atoms with E-state index in [1.54, 1.807) is 6.20 Å². The lowest BCUT2D eigenvalue weighted by Gasteiger charge is -2.06. The molecular formula is C13H18BrNO. The molecule has 0 aliphatic rings. The number of allylic oxidation sites excluding steroid dienone is 2. The molecule has 0 aromatic carbocycles. The van der Waals surface area contributed by atoms with Gasteiger partial charge < -0.3 is 4.74 Å². The van der Waals surface area contributed by atoms with Crippen molar-refractivity contribution in [3.8, 4) is 5.75 Å².